The quantitative estimate of drug-likeness (QED) is 0.861. The van der Waals surface area contributed by atoms with E-state index in [9.17, 15) is 9.59 Å². The van der Waals surface area contributed by atoms with Gasteiger partial charge in [-0.15, -0.1) is 0 Å². The monoisotopic (exact) mass is 372 g/mol. The van der Waals surface area contributed by atoms with Crippen LogP contribution in [0.3, 0.4) is 0 Å². The number of carbonyl (C=O) groups is 2. The second kappa shape index (κ2) is 7.00. The number of benzene rings is 2. The molecule has 6 heteroatoms. The molecule has 1 aliphatic rings. The third kappa shape index (κ3) is 3.68. The molecule has 0 saturated heterocycles. The summed E-state index contributed by atoms with van der Waals surface area (Å²) < 4.78 is 5.80. The summed E-state index contributed by atoms with van der Waals surface area (Å²) in [5.41, 5.74) is 1.41. The maximum absolute atomic E-state index is 12.7. The number of ether oxygens (including phenoxy) is 1. The molecular weight excluding hydrogens is 352 g/mol. The first-order chi connectivity index (χ1) is 12.3. The Morgan fingerprint density at radius 2 is 1.92 bits per heavy atom. The van der Waals surface area contributed by atoms with Crippen molar-refractivity contribution < 1.29 is 14.3 Å². The minimum absolute atomic E-state index is 0.0809. The van der Waals surface area contributed by atoms with E-state index >= 15 is 0 Å². The first-order valence-corrected chi connectivity index (χ1v) is 8.87. The van der Waals surface area contributed by atoms with Crippen LogP contribution in [0.25, 0.3) is 0 Å². The van der Waals surface area contributed by atoms with E-state index in [1.807, 2.05) is 19.1 Å². The van der Waals surface area contributed by atoms with Crippen LogP contribution >= 0.6 is 11.6 Å². The number of likely N-dealkylation sites (N-methyl/N-ethyl adjacent to an activating group) is 1. The van der Waals surface area contributed by atoms with Gasteiger partial charge >= 0.3 is 0 Å². The van der Waals surface area contributed by atoms with Gasteiger partial charge in [0, 0.05) is 22.9 Å². The number of nitrogens with zero attached hydrogens (tertiary/aromatic N) is 1. The van der Waals surface area contributed by atoms with Gasteiger partial charge in [-0.25, -0.2) is 0 Å². The van der Waals surface area contributed by atoms with Gasteiger partial charge in [0.25, 0.3) is 5.91 Å². The van der Waals surface area contributed by atoms with Gasteiger partial charge in [0.2, 0.25) is 5.91 Å². The van der Waals surface area contributed by atoms with E-state index in [0.717, 1.165) is 11.3 Å². The van der Waals surface area contributed by atoms with Crippen LogP contribution in [0, 0.1) is 0 Å². The Balaban J connectivity index is 1.72. The normalized spacial score (nSPS) is 13.5. The van der Waals surface area contributed by atoms with Crippen LogP contribution in [0.1, 0.15) is 26.3 Å². The summed E-state index contributed by atoms with van der Waals surface area (Å²) in [6.07, 6.45) is 0.359. The molecule has 1 aliphatic heterocycles. The molecule has 2 aromatic rings. The highest BCUT2D eigenvalue weighted by Crippen LogP contribution is 2.31. The fraction of sp³-hybridized carbons (Fsp3) is 0.300. The lowest BCUT2D eigenvalue weighted by atomic mass is 10.1. The van der Waals surface area contributed by atoms with E-state index in [2.05, 4.69) is 5.32 Å². The Kier molecular flexibility index (Phi) is 4.92. The summed E-state index contributed by atoms with van der Waals surface area (Å²) in [4.78, 5) is 26.4. The molecule has 0 aliphatic carbocycles. The van der Waals surface area contributed by atoms with Crippen LogP contribution in [0.4, 0.5) is 11.4 Å². The molecule has 136 valence electrons. The molecule has 0 aromatic heterocycles. The first kappa shape index (κ1) is 18.3. The maximum Gasteiger partial charge on any atom is 0.267 e. The number of nitrogens with one attached hydrogen (secondary N) is 1. The Bertz CT molecular complexity index is 847. The fourth-order valence-electron chi connectivity index (χ4n) is 2.93. The number of rotatable bonds is 5. The predicted octanol–water partition coefficient (Wildman–Crippen LogP) is 4.05. The number of carbonyl (C=O) groups excluding carboxylic acids is 2. The average molecular weight is 373 g/mol. The van der Waals surface area contributed by atoms with E-state index in [1.54, 1.807) is 49.1 Å². The smallest absolute Gasteiger partial charge is 0.267 e. The van der Waals surface area contributed by atoms with Gasteiger partial charge < -0.3 is 15.0 Å². The van der Waals surface area contributed by atoms with Crippen molar-refractivity contribution in [3.05, 3.63) is 53.1 Å². The molecule has 0 fully saturated rings. The van der Waals surface area contributed by atoms with Crippen LogP contribution in [0.2, 0.25) is 5.02 Å². The van der Waals surface area contributed by atoms with Gasteiger partial charge in [-0.1, -0.05) is 11.6 Å². The molecule has 3 rings (SSSR count). The second-order valence-corrected chi connectivity index (χ2v) is 7.12. The number of hydrogen-bond donors (Lipinski definition) is 1. The fourth-order valence-corrected chi connectivity index (χ4v) is 3.06. The molecule has 0 bridgehead atoms. The zero-order valence-corrected chi connectivity index (χ0v) is 15.8. The minimum Gasteiger partial charge on any atom is -0.478 e. The van der Waals surface area contributed by atoms with Crippen LogP contribution in [0.15, 0.2) is 42.5 Å². The van der Waals surface area contributed by atoms with E-state index in [4.69, 9.17) is 16.3 Å². The molecule has 26 heavy (non-hydrogen) atoms. The highest BCUT2D eigenvalue weighted by molar-refractivity contribution is 6.30. The predicted molar refractivity (Wildman–Crippen MR) is 103 cm³/mol. The summed E-state index contributed by atoms with van der Waals surface area (Å²) in [5, 5.41) is 3.48. The molecular formula is C20H21ClN2O3. The molecule has 5 nitrogen and oxygen atoms in total. The number of amides is 2. The average Bonchev–Trinajstić information content (AvgIpc) is 2.91. The van der Waals surface area contributed by atoms with Gasteiger partial charge in [-0.05, 0) is 68.8 Å². The lowest BCUT2D eigenvalue weighted by Gasteiger charge is -2.25. The number of fused-ring (bicyclic) bond motifs is 1. The third-order valence-electron chi connectivity index (χ3n) is 4.32. The molecule has 1 N–H and O–H groups in total. The van der Waals surface area contributed by atoms with Gasteiger partial charge in [0.1, 0.15) is 5.75 Å². The highest BCUT2D eigenvalue weighted by Gasteiger charge is 2.31. The van der Waals surface area contributed by atoms with Crippen molar-refractivity contribution in [3.8, 4) is 5.75 Å². The number of anilines is 2. The van der Waals surface area contributed by atoms with Crippen molar-refractivity contribution in [2.24, 2.45) is 0 Å². The molecule has 0 unspecified atom stereocenters. The lowest BCUT2D eigenvalue weighted by molar-refractivity contribution is -0.128. The minimum atomic E-state index is -1.07. The van der Waals surface area contributed by atoms with Crippen molar-refractivity contribution in [3.63, 3.8) is 0 Å². The molecule has 0 spiro atoms. The zero-order chi connectivity index (χ0) is 18.9. The van der Waals surface area contributed by atoms with E-state index < -0.39 is 5.60 Å². The van der Waals surface area contributed by atoms with Crippen molar-refractivity contribution >= 4 is 34.8 Å². The van der Waals surface area contributed by atoms with Gasteiger partial charge in [-0.3, -0.25) is 9.59 Å². The van der Waals surface area contributed by atoms with Crippen molar-refractivity contribution in [1.29, 1.82) is 0 Å². The largest absolute Gasteiger partial charge is 0.478 e. The molecule has 0 radical (unpaired) electrons. The Labute approximate surface area is 157 Å². The Morgan fingerprint density at radius 3 is 2.58 bits per heavy atom. The molecule has 0 saturated carbocycles. The van der Waals surface area contributed by atoms with Crippen molar-refractivity contribution in [1.82, 2.24) is 0 Å². The summed E-state index contributed by atoms with van der Waals surface area (Å²) >= 11 is 5.87. The second-order valence-electron chi connectivity index (χ2n) is 6.68. The molecule has 1 heterocycles. The Morgan fingerprint density at radius 1 is 1.23 bits per heavy atom. The summed E-state index contributed by atoms with van der Waals surface area (Å²) in [6, 6.07) is 12.4. The van der Waals surface area contributed by atoms with Crippen molar-refractivity contribution in [2.75, 3.05) is 16.8 Å². The van der Waals surface area contributed by atoms with Crippen LogP contribution in [-0.2, 0) is 16.0 Å². The van der Waals surface area contributed by atoms with Gasteiger partial charge in [0.05, 0.1) is 6.42 Å². The zero-order valence-electron chi connectivity index (χ0n) is 15.0. The standard InChI is InChI=1S/C20H21ClN2O3/c1-4-23-17-10-7-15(11-13(17)12-18(23)24)22-19(25)20(2,3)26-16-8-5-14(21)6-9-16/h5-11H,4,12H2,1-3H3,(H,22,25). The first-order valence-electron chi connectivity index (χ1n) is 8.49. The van der Waals surface area contributed by atoms with Crippen LogP contribution < -0.4 is 15.0 Å². The van der Waals surface area contributed by atoms with E-state index in [1.165, 1.54) is 0 Å². The molecule has 2 aromatic carbocycles. The van der Waals surface area contributed by atoms with Crippen LogP contribution in [0.5, 0.6) is 5.75 Å². The van der Waals surface area contributed by atoms with Crippen molar-refractivity contribution in [2.45, 2.75) is 32.8 Å². The highest BCUT2D eigenvalue weighted by atomic mass is 35.5. The van der Waals surface area contributed by atoms with E-state index in [0.29, 0.717) is 29.4 Å². The topological polar surface area (TPSA) is 58.6 Å². The van der Waals surface area contributed by atoms with Gasteiger partial charge in [0.15, 0.2) is 5.60 Å². The number of hydrogen-bond acceptors (Lipinski definition) is 3. The third-order valence-corrected chi connectivity index (χ3v) is 4.57. The lowest BCUT2D eigenvalue weighted by Crippen LogP contribution is -2.42. The van der Waals surface area contributed by atoms with Gasteiger partial charge in [-0.2, -0.15) is 0 Å². The maximum atomic E-state index is 12.7. The Hall–Kier alpha value is -2.53. The SMILES string of the molecule is CCN1C(=O)Cc2cc(NC(=O)C(C)(C)Oc3ccc(Cl)cc3)ccc21. The number of halogens is 1. The molecule has 0 atom stereocenters. The summed E-state index contributed by atoms with van der Waals surface area (Å²) in [6.45, 7) is 5.98. The van der Waals surface area contributed by atoms with E-state index in [-0.39, 0.29) is 11.8 Å². The summed E-state index contributed by atoms with van der Waals surface area (Å²) in [5.74, 6) is 0.370. The molecule has 2 amide bonds. The summed E-state index contributed by atoms with van der Waals surface area (Å²) in [7, 11) is 0. The van der Waals surface area contributed by atoms with Crippen LogP contribution in [-0.4, -0.2) is 24.0 Å².